The third-order valence-corrected chi connectivity index (χ3v) is 3.06. The highest BCUT2D eigenvalue weighted by Gasteiger charge is 2.25. The molecule has 0 saturated carbocycles. The highest BCUT2D eigenvalue weighted by Crippen LogP contribution is 2.20. The molecule has 2 heterocycles. The van der Waals surface area contributed by atoms with Gasteiger partial charge in [0.2, 0.25) is 0 Å². The monoisotopic (exact) mass is 250 g/mol. The Morgan fingerprint density at radius 3 is 3.00 bits per heavy atom. The minimum atomic E-state index is -0.995. The van der Waals surface area contributed by atoms with Gasteiger partial charge in [0.05, 0.1) is 12.2 Å². The maximum absolute atomic E-state index is 10.9. The fourth-order valence-corrected chi connectivity index (χ4v) is 2.18. The number of hydrogen-bond donors (Lipinski definition) is 1. The van der Waals surface area contributed by atoms with Crippen LogP contribution < -0.4 is 4.90 Å². The van der Waals surface area contributed by atoms with Crippen LogP contribution in [0.1, 0.15) is 30.8 Å². The molecule has 18 heavy (non-hydrogen) atoms. The first-order valence-corrected chi connectivity index (χ1v) is 6.21. The predicted octanol–water partition coefficient (Wildman–Crippen LogP) is 1.78. The summed E-state index contributed by atoms with van der Waals surface area (Å²) in [6.07, 6.45) is 1.27. The molecule has 0 aromatic carbocycles. The fraction of sp³-hybridized carbons (Fsp3) is 0.538. The molecule has 0 radical (unpaired) electrons. The molecule has 1 aromatic heterocycles. The number of carboxylic acid groups (broad SMARTS) is 1. The second-order valence-corrected chi connectivity index (χ2v) is 4.57. The van der Waals surface area contributed by atoms with E-state index in [1.165, 1.54) is 6.07 Å². The van der Waals surface area contributed by atoms with Crippen LogP contribution in [0.2, 0.25) is 0 Å². The summed E-state index contributed by atoms with van der Waals surface area (Å²) in [5.41, 5.74) is 0.0830. The first kappa shape index (κ1) is 12.8. The van der Waals surface area contributed by atoms with Crippen molar-refractivity contribution in [2.24, 2.45) is 0 Å². The molecule has 0 spiro atoms. The molecule has 0 bridgehead atoms. The summed E-state index contributed by atoms with van der Waals surface area (Å²) in [6.45, 7) is 5.61. The van der Waals surface area contributed by atoms with E-state index in [2.05, 4.69) is 16.8 Å². The molecule has 2 atom stereocenters. The normalized spacial score (nSPS) is 24.0. The smallest absolute Gasteiger partial charge is 0.354 e. The van der Waals surface area contributed by atoms with Crippen LogP contribution in [0.15, 0.2) is 18.2 Å². The van der Waals surface area contributed by atoms with Gasteiger partial charge in [0, 0.05) is 13.1 Å². The summed E-state index contributed by atoms with van der Waals surface area (Å²) in [5, 5.41) is 8.95. The van der Waals surface area contributed by atoms with Crippen molar-refractivity contribution >= 4 is 11.8 Å². The van der Waals surface area contributed by atoms with Gasteiger partial charge in [0.15, 0.2) is 5.69 Å². The van der Waals surface area contributed by atoms with Crippen molar-refractivity contribution in [3.05, 3.63) is 23.9 Å². The largest absolute Gasteiger partial charge is 0.477 e. The summed E-state index contributed by atoms with van der Waals surface area (Å²) >= 11 is 0. The van der Waals surface area contributed by atoms with Gasteiger partial charge in [-0.05, 0) is 25.5 Å². The molecular formula is C13H18N2O3. The fourth-order valence-electron chi connectivity index (χ4n) is 2.18. The number of rotatable bonds is 3. The summed E-state index contributed by atoms with van der Waals surface area (Å²) in [4.78, 5) is 17.2. The van der Waals surface area contributed by atoms with Gasteiger partial charge < -0.3 is 14.7 Å². The first-order valence-electron chi connectivity index (χ1n) is 6.21. The maximum Gasteiger partial charge on any atom is 0.354 e. The minimum absolute atomic E-state index is 0.0830. The number of nitrogens with zero attached hydrogens (tertiary/aromatic N) is 2. The third-order valence-electron chi connectivity index (χ3n) is 3.06. The van der Waals surface area contributed by atoms with Crippen LogP contribution in [-0.2, 0) is 4.74 Å². The van der Waals surface area contributed by atoms with Crippen LogP contribution >= 0.6 is 0 Å². The molecule has 5 heteroatoms. The van der Waals surface area contributed by atoms with Crippen molar-refractivity contribution in [3.63, 3.8) is 0 Å². The molecule has 5 nitrogen and oxygen atoms in total. The molecule has 1 fully saturated rings. The predicted molar refractivity (Wildman–Crippen MR) is 68.0 cm³/mol. The standard InChI is InChI=1S/C13H18N2O3/c1-3-10-8-15(7-9(2)18-10)12-6-4-5-11(14-12)13(16)17/h4-6,9-10H,3,7-8H2,1-2H3,(H,16,17). The van der Waals surface area contributed by atoms with Gasteiger partial charge in [-0.25, -0.2) is 9.78 Å². The number of carboxylic acids is 1. The van der Waals surface area contributed by atoms with E-state index < -0.39 is 5.97 Å². The Bertz CT molecular complexity index is 436. The van der Waals surface area contributed by atoms with Crippen molar-refractivity contribution in [3.8, 4) is 0 Å². The van der Waals surface area contributed by atoms with Crippen LogP contribution in [-0.4, -0.2) is 41.4 Å². The number of aromatic carboxylic acids is 1. The Kier molecular flexibility index (Phi) is 3.81. The number of hydrogen-bond acceptors (Lipinski definition) is 4. The number of morpholine rings is 1. The molecule has 0 amide bonds. The lowest BCUT2D eigenvalue weighted by molar-refractivity contribution is -0.0174. The van der Waals surface area contributed by atoms with E-state index in [1.807, 2.05) is 13.0 Å². The molecule has 1 N–H and O–H groups in total. The van der Waals surface area contributed by atoms with Gasteiger partial charge in [-0.15, -0.1) is 0 Å². The number of carbonyl (C=O) groups is 1. The van der Waals surface area contributed by atoms with Gasteiger partial charge in [0.25, 0.3) is 0 Å². The lowest BCUT2D eigenvalue weighted by atomic mass is 10.2. The zero-order valence-electron chi connectivity index (χ0n) is 10.7. The molecule has 98 valence electrons. The average molecular weight is 250 g/mol. The maximum atomic E-state index is 10.9. The Morgan fingerprint density at radius 2 is 2.33 bits per heavy atom. The van der Waals surface area contributed by atoms with E-state index in [9.17, 15) is 4.79 Å². The van der Waals surface area contributed by atoms with Crippen LogP contribution in [0.25, 0.3) is 0 Å². The van der Waals surface area contributed by atoms with Gasteiger partial charge >= 0.3 is 5.97 Å². The molecular weight excluding hydrogens is 232 g/mol. The number of ether oxygens (including phenoxy) is 1. The zero-order valence-corrected chi connectivity index (χ0v) is 10.7. The summed E-state index contributed by atoms with van der Waals surface area (Å²) in [5.74, 6) is -0.284. The molecule has 1 aliphatic rings. The second-order valence-electron chi connectivity index (χ2n) is 4.57. The lowest BCUT2D eigenvalue weighted by Gasteiger charge is -2.37. The van der Waals surface area contributed by atoms with E-state index in [1.54, 1.807) is 6.07 Å². The second kappa shape index (κ2) is 5.35. The van der Waals surface area contributed by atoms with Crippen LogP contribution in [0.3, 0.4) is 0 Å². The minimum Gasteiger partial charge on any atom is -0.477 e. The van der Waals surface area contributed by atoms with Gasteiger partial charge in [-0.1, -0.05) is 13.0 Å². The Morgan fingerprint density at radius 1 is 1.56 bits per heavy atom. The quantitative estimate of drug-likeness (QED) is 0.886. The summed E-state index contributed by atoms with van der Waals surface area (Å²) in [6, 6.07) is 5.08. The summed E-state index contributed by atoms with van der Waals surface area (Å²) in [7, 11) is 0. The Labute approximate surface area is 106 Å². The molecule has 2 rings (SSSR count). The van der Waals surface area contributed by atoms with E-state index in [4.69, 9.17) is 9.84 Å². The zero-order chi connectivity index (χ0) is 13.1. The summed E-state index contributed by atoms with van der Waals surface area (Å²) < 4.78 is 5.78. The van der Waals surface area contributed by atoms with Crippen molar-refractivity contribution in [2.75, 3.05) is 18.0 Å². The highest BCUT2D eigenvalue weighted by molar-refractivity contribution is 5.85. The van der Waals surface area contributed by atoms with Crippen LogP contribution in [0.5, 0.6) is 0 Å². The third kappa shape index (κ3) is 2.79. The van der Waals surface area contributed by atoms with Gasteiger partial charge in [-0.3, -0.25) is 0 Å². The lowest BCUT2D eigenvalue weighted by Crippen LogP contribution is -2.46. The van der Waals surface area contributed by atoms with Gasteiger partial charge in [-0.2, -0.15) is 0 Å². The molecule has 1 saturated heterocycles. The molecule has 1 aromatic rings. The van der Waals surface area contributed by atoms with Crippen LogP contribution in [0.4, 0.5) is 5.82 Å². The number of anilines is 1. The molecule has 0 aliphatic carbocycles. The van der Waals surface area contributed by atoms with E-state index >= 15 is 0 Å². The van der Waals surface area contributed by atoms with Crippen molar-refractivity contribution in [2.45, 2.75) is 32.5 Å². The van der Waals surface area contributed by atoms with Gasteiger partial charge in [0.1, 0.15) is 5.82 Å². The Hall–Kier alpha value is -1.62. The van der Waals surface area contributed by atoms with Crippen molar-refractivity contribution < 1.29 is 14.6 Å². The Balaban J connectivity index is 2.19. The van der Waals surface area contributed by atoms with E-state index in [0.717, 1.165) is 19.5 Å². The first-order chi connectivity index (χ1) is 8.60. The number of pyridine rings is 1. The van der Waals surface area contributed by atoms with E-state index in [-0.39, 0.29) is 17.9 Å². The molecule has 2 unspecified atom stereocenters. The highest BCUT2D eigenvalue weighted by atomic mass is 16.5. The van der Waals surface area contributed by atoms with Crippen molar-refractivity contribution in [1.29, 1.82) is 0 Å². The average Bonchev–Trinajstić information content (AvgIpc) is 2.38. The van der Waals surface area contributed by atoms with Crippen molar-refractivity contribution in [1.82, 2.24) is 4.98 Å². The van der Waals surface area contributed by atoms with E-state index in [0.29, 0.717) is 5.82 Å². The number of aromatic nitrogens is 1. The molecule has 1 aliphatic heterocycles. The SMILES string of the molecule is CCC1CN(c2cccc(C(=O)O)n2)CC(C)O1. The topological polar surface area (TPSA) is 62.7 Å². The van der Waals surface area contributed by atoms with Crippen LogP contribution in [0, 0.1) is 0 Å².